The third-order valence-corrected chi connectivity index (χ3v) is 11.1. The van der Waals surface area contributed by atoms with Crippen LogP contribution in [0.3, 0.4) is 0 Å². The van der Waals surface area contributed by atoms with Gasteiger partial charge in [-0.25, -0.2) is 8.42 Å². The molecule has 0 aliphatic heterocycles. The molecule has 246 valence electrons. The van der Waals surface area contributed by atoms with Crippen LogP contribution in [-0.4, -0.2) is 43.8 Å². The van der Waals surface area contributed by atoms with Gasteiger partial charge in [0.25, 0.3) is 10.0 Å². The number of nitrogens with one attached hydrogen (secondary N) is 1. The summed E-state index contributed by atoms with van der Waals surface area (Å²) in [7, 11) is -4.23. The predicted molar refractivity (Wildman–Crippen MR) is 191 cm³/mol. The molecular formula is C37H39BrClN3O4S. The van der Waals surface area contributed by atoms with E-state index in [1.54, 1.807) is 36.4 Å². The van der Waals surface area contributed by atoms with Crippen molar-refractivity contribution in [2.45, 2.75) is 69.0 Å². The lowest BCUT2D eigenvalue weighted by molar-refractivity contribution is -0.140. The third-order valence-electron chi connectivity index (χ3n) is 8.50. The van der Waals surface area contributed by atoms with Crippen molar-refractivity contribution in [3.05, 3.63) is 129 Å². The predicted octanol–water partition coefficient (Wildman–Crippen LogP) is 7.70. The Balaban J connectivity index is 1.56. The highest BCUT2D eigenvalue weighted by molar-refractivity contribution is 9.10. The molecule has 0 bridgehead atoms. The molecule has 5 rings (SSSR count). The van der Waals surface area contributed by atoms with E-state index in [2.05, 4.69) is 21.2 Å². The number of anilines is 1. The van der Waals surface area contributed by atoms with Crippen LogP contribution >= 0.6 is 27.5 Å². The van der Waals surface area contributed by atoms with Crippen LogP contribution in [0.25, 0.3) is 0 Å². The molecule has 47 heavy (non-hydrogen) atoms. The molecule has 10 heteroatoms. The number of rotatable bonds is 12. The lowest BCUT2D eigenvalue weighted by Crippen LogP contribution is -2.55. The number of para-hydroxylation sites is 1. The fourth-order valence-electron chi connectivity index (χ4n) is 5.89. The molecule has 1 atom stereocenters. The van der Waals surface area contributed by atoms with E-state index < -0.39 is 28.5 Å². The molecule has 2 amide bonds. The van der Waals surface area contributed by atoms with Gasteiger partial charge in [0.05, 0.1) is 15.6 Å². The number of halogens is 2. The molecule has 4 aromatic rings. The van der Waals surface area contributed by atoms with Crippen LogP contribution in [0.5, 0.6) is 0 Å². The number of carbonyl (C=O) groups excluding carboxylic acids is 2. The van der Waals surface area contributed by atoms with Crippen molar-refractivity contribution >= 4 is 55.1 Å². The van der Waals surface area contributed by atoms with E-state index in [-0.39, 0.29) is 40.5 Å². The molecule has 1 fully saturated rings. The lowest BCUT2D eigenvalue weighted by Gasteiger charge is -2.35. The van der Waals surface area contributed by atoms with E-state index in [9.17, 15) is 18.0 Å². The number of nitrogens with zero attached hydrogens (tertiary/aromatic N) is 2. The highest BCUT2D eigenvalue weighted by Crippen LogP contribution is 2.31. The normalized spacial score (nSPS) is 14.3. The van der Waals surface area contributed by atoms with Crippen LogP contribution in [0.4, 0.5) is 5.69 Å². The van der Waals surface area contributed by atoms with Gasteiger partial charge in [-0.15, -0.1) is 0 Å². The topological polar surface area (TPSA) is 86.8 Å². The first-order valence-electron chi connectivity index (χ1n) is 15.8. The summed E-state index contributed by atoms with van der Waals surface area (Å²) in [5.41, 5.74) is 2.77. The minimum atomic E-state index is -4.23. The average Bonchev–Trinajstić information content (AvgIpc) is 3.07. The zero-order valence-electron chi connectivity index (χ0n) is 26.3. The molecule has 1 aliphatic rings. The van der Waals surface area contributed by atoms with E-state index in [1.165, 1.54) is 17.0 Å². The first kappa shape index (κ1) is 34.7. The third kappa shape index (κ3) is 9.03. The maximum atomic E-state index is 14.7. The molecular weight excluding hydrogens is 698 g/mol. The highest BCUT2D eigenvalue weighted by Gasteiger charge is 2.36. The standard InChI is InChI=1S/C37H39BrClN3O4S/c1-27-16-22-32(23-17-27)47(45,46)42(34-15-9-8-14-33(34)39)26-36(43)41(25-29-18-20-30(38)21-19-29)35(24-28-10-4-2-5-11-28)37(44)40-31-12-6-3-7-13-31/h2,4-5,8-11,14-23,31,35H,3,6-7,12-13,24-26H2,1H3,(H,40,44). The Hall–Kier alpha value is -3.66. The molecule has 1 N–H and O–H groups in total. The Morgan fingerprint density at radius 3 is 2.15 bits per heavy atom. The van der Waals surface area contributed by atoms with Crippen molar-refractivity contribution in [1.29, 1.82) is 0 Å². The van der Waals surface area contributed by atoms with E-state index >= 15 is 0 Å². The van der Waals surface area contributed by atoms with Crippen LogP contribution in [-0.2, 0) is 32.6 Å². The zero-order valence-corrected chi connectivity index (χ0v) is 29.5. The van der Waals surface area contributed by atoms with Crippen LogP contribution in [0.1, 0.15) is 48.8 Å². The molecule has 1 unspecified atom stereocenters. The van der Waals surface area contributed by atoms with Crippen molar-refractivity contribution in [2.24, 2.45) is 0 Å². The Morgan fingerprint density at radius 2 is 1.49 bits per heavy atom. The number of sulfonamides is 1. The molecule has 7 nitrogen and oxygen atoms in total. The average molecular weight is 737 g/mol. The van der Waals surface area contributed by atoms with Crippen molar-refractivity contribution in [3.8, 4) is 0 Å². The summed E-state index contributed by atoms with van der Waals surface area (Å²) in [4.78, 5) is 30.4. The van der Waals surface area contributed by atoms with Gasteiger partial charge in [-0.05, 0) is 67.3 Å². The van der Waals surface area contributed by atoms with Crippen LogP contribution in [0.2, 0.25) is 5.02 Å². The number of amides is 2. The zero-order chi connectivity index (χ0) is 33.4. The summed E-state index contributed by atoms with van der Waals surface area (Å²) >= 11 is 10.1. The quantitative estimate of drug-likeness (QED) is 0.162. The van der Waals surface area contributed by atoms with E-state index in [0.717, 1.165) is 57.6 Å². The second-order valence-corrected chi connectivity index (χ2v) is 15.2. The summed E-state index contributed by atoms with van der Waals surface area (Å²) < 4.78 is 30.4. The molecule has 0 aromatic heterocycles. The first-order valence-corrected chi connectivity index (χ1v) is 18.4. The summed E-state index contributed by atoms with van der Waals surface area (Å²) in [5.74, 6) is -0.778. The molecule has 1 aliphatic carbocycles. The van der Waals surface area contributed by atoms with Crippen molar-refractivity contribution in [1.82, 2.24) is 10.2 Å². The van der Waals surface area contributed by atoms with Gasteiger partial charge in [0.15, 0.2) is 0 Å². The minimum Gasteiger partial charge on any atom is -0.352 e. The van der Waals surface area contributed by atoms with Gasteiger partial charge in [-0.2, -0.15) is 0 Å². The summed E-state index contributed by atoms with van der Waals surface area (Å²) in [6, 6.07) is 29.3. The summed E-state index contributed by atoms with van der Waals surface area (Å²) in [6.07, 6.45) is 5.26. The minimum absolute atomic E-state index is 0.0284. The fourth-order valence-corrected chi connectivity index (χ4v) is 7.87. The molecule has 0 spiro atoms. The Morgan fingerprint density at radius 1 is 0.851 bits per heavy atom. The lowest BCUT2D eigenvalue weighted by atomic mass is 9.94. The summed E-state index contributed by atoms with van der Waals surface area (Å²) in [5, 5.41) is 3.42. The van der Waals surface area contributed by atoms with Crippen LogP contribution in [0.15, 0.2) is 112 Å². The van der Waals surface area contributed by atoms with Gasteiger partial charge in [0.2, 0.25) is 11.8 Å². The summed E-state index contributed by atoms with van der Waals surface area (Å²) in [6.45, 7) is 1.41. The molecule has 0 saturated heterocycles. The Labute approximate surface area is 291 Å². The fraction of sp³-hybridized carbons (Fsp3) is 0.297. The number of aryl methyl sites for hydroxylation is 1. The smallest absolute Gasteiger partial charge is 0.264 e. The molecule has 1 saturated carbocycles. The highest BCUT2D eigenvalue weighted by atomic mass is 79.9. The molecule has 0 radical (unpaired) electrons. The van der Waals surface area contributed by atoms with Crippen LogP contribution in [0, 0.1) is 6.92 Å². The Kier molecular flexibility index (Phi) is 11.8. The van der Waals surface area contributed by atoms with Gasteiger partial charge >= 0.3 is 0 Å². The van der Waals surface area contributed by atoms with Crippen molar-refractivity contribution in [3.63, 3.8) is 0 Å². The molecule has 4 aromatic carbocycles. The second kappa shape index (κ2) is 16.0. The Bertz CT molecular complexity index is 1760. The van der Waals surface area contributed by atoms with Gasteiger partial charge < -0.3 is 10.2 Å². The van der Waals surface area contributed by atoms with Gasteiger partial charge in [0, 0.05) is 23.5 Å². The van der Waals surface area contributed by atoms with Crippen LogP contribution < -0.4 is 9.62 Å². The maximum absolute atomic E-state index is 14.7. The van der Waals surface area contributed by atoms with E-state index in [1.807, 2.05) is 61.5 Å². The number of hydrogen-bond donors (Lipinski definition) is 1. The van der Waals surface area contributed by atoms with E-state index in [0.29, 0.717) is 0 Å². The second-order valence-electron chi connectivity index (χ2n) is 12.0. The number of hydrogen-bond acceptors (Lipinski definition) is 4. The largest absolute Gasteiger partial charge is 0.352 e. The van der Waals surface area contributed by atoms with Crippen molar-refractivity contribution in [2.75, 3.05) is 10.8 Å². The monoisotopic (exact) mass is 735 g/mol. The van der Waals surface area contributed by atoms with Gasteiger partial charge in [0.1, 0.15) is 12.6 Å². The molecule has 0 heterocycles. The van der Waals surface area contributed by atoms with Gasteiger partial charge in [-0.3, -0.25) is 13.9 Å². The van der Waals surface area contributed by atoms with E-state index in [4.69, 9.17) is 11.6 Å². The first-order chi connectivity index (χ1) is 22.6. The number of carbonyl (C=O) groups is 2. The number of benzene rings is 4. The van der Waals surface area contributed by atoms with Crippen molar-refractivity contribution < 1.29 is 18.0 Å². The maximum Gasteiger partial charge on any atom is 0.264 e. The van der Waals surface area contributed by atoms with Gasteiger partial charge in [-0.1, -0.05) is 119 Å². The SMILES string of the molecule is Cc1ccc(S(=O)(=O)N(CC(=O)N(Cc2ccc(Br)cc2)C(Cc2ccccc2)C(=O)NC2CCCCC2)c2ccccc2Cl)cc1.